The third kappa shape index (κ3) is 15.2. The van der Waals surface area contributed by atoms with Gasteiger partial charge in [-0.1, -0.05) is 64.2 Å². The van der Waals surface area contributed by atoms with Gasteiger partial charge in [0.05, 0.1) is 17.3 Å². The van der Waals surface area contributed by atoms with Gasteiger partial charge >= 0.3 is 23.2 Å². The summed E-state index contributed by atoms with van der Waals surface area (Å²) in [4.78, 5) is 86.7. The molecule has 25 nitrogen and oxygen atoms in total. The van der Waals surface area contributed by atoms with Crippen LogP contribution in [-0.4, -0.2) is 77.3 Å². The van der Waals surface area contributed by atoms with E-state index in [9.17, 15) is 24.0 Å². The van der Waals surface area contributed by atoms with Gasteiger partial charge in [-0.05, 0) is 85.3 Å². The number of hydrogen-bond acceptors (Lipinski definition) is 20. The molecule has 2 aliphatic carbocycles. The van der Waals surface area contributed by atoms with E-state index in [1.54, 1.807) is 36.7 Å². The molecule has 74 heavy (non-hydrogen) atoms. The first-order valence-electron chi connectivity index (χ1n) is 22.6. The lowest BCUT2D eigenvalue weighted by Crippen LogP contribution is -2.27. The van der Waals surface area contributed by atoms with Gasteiger partial charge < -0.3 is 27.6 Å². The predicted octanol–water partition coefficient (Wildman–Crippen LogP) is 5.34. The molecule has 2 aliphatic rings. The SMILES string of the molecule is Nc1ccc(Cc2nccnc2-c2noc(=O)[nH]2)cc1.Nc1ccc(N)cc1.O=C(Nc1ccc(Cc2nccnc2-c2noc(=O)[nH]2)cc1)C1CCC1.O=C(O)C1CCC1.O=c1[nH]c(-c2nccnc2Cl)no1. The summed E-state index contributed by atoms with van der Waals surface area (Å²) in [5, 5.41) is 22.1. The van der Waals surface area contributed by atoms with Crippen LogP contribution < -0.4 is 39.8 Å². The summed E-state index contributed by atoms with van der Waals surface area (Å²) in [6.07, 6.45) is 16.2. The summed E-state index contributed by atoms with van der Waals surface area (Å²) in [5.41, 5.74) is 24.0. The molecule has 9 aromatic rings. The molecule has 3 aromatic carbocycles. The molecule has 0 spiro atoms. The van der Waals surface area contributed by atoms with Crippen LogP contribution in [0.2, 0.25) is 5.15 Å². The highest BCUT2D eigenvalue weighted by Gasteiger charge is 2.25. The van der Waals surface area contributed by atoms with Crippen molar-refractivity contribution >= 4 is 46.2 Å². The van der Waals surface area contributed by atoms with Gasteiger partial charge in [-0.2, -0.15) is 0 Å². The summed E-state index contributed by atoms with van der Waals surface area (Å²) in [7, 11) is 0. The van der Waals surface area contributed by atoms with Gasteiger partial charge in [0.15, 0.2) is 5.15 Å². The minimum Gasteiger partial charge on any atom is -0.481 e. The molecule has 380 valence electrons. The van der Waals surface area contributed by atoms with Crippen molar-refractivity contribution in [3.05, 3.63) is 169 Å². The number of nitrogens with one attached hydrogen (secondary N) is 4. The van der Waals surface area contributed by atoms with Crippen LogP contribution in [0.25, 0.3) is 34.6 Å². The van der Waals surface area contributed by atoms with Crippen molar-refractivity contribution in [2.75, 3.05) is 22.5 Å². The molecule has 6 aromatic heterocycles. The Morgan fingerprint density at radius 1 is 0.541 bits per heavy atom. The van der Waals surface area contributed by atoms with Gasteiger partial charge in [-0.25, -0.2) is 34.3 Å². The number of rotatable bonds is 10. The van der Waals surface area contributed by atoms with E-state index in [4.69, 9.17) is 33.9 Å². The second-order valence-corrected chi connectivity index (χ2v) is 16.6. The fraction of sp³-hybridized carbons (Fsp3) is 0.208. The number of carbonyl (C=O) groups excluding carboxylic acids is 1. The van der Waals surface area contributed by atoms with Gasteiger partial charge in [0.2, 0.25) is 23.4 Å². The number of benzene rings is 3. The molecular weight excluding hydrogens is 980 g/mol. The molecule has 0 saturated heterocycles. The first kappa shape index (κ1) is 52.2. The summed E-state index contributed by atoms with van der Waals surface area (Å²) in [6.45, 7) is 0. The van der Waals surface area contributed by atoms with Crippen molar-refractivity contribution in [2.24, 2.45) is 11.8 Å². The van der Waals surface area contributed by atoms with Crippen LogP contribution in [0.15, 0.2) is 138 Å². The molecular formula is C48H47ClN16O9. The smallest absolute Gasteiger partial charge is 0.439 e. The number of nitrogen functional groups attached to an aromatic ring is 3. The maximum Gasteiger partial charge on any atom is 0.439 e. The third-order valence-electron chi connectivity index (χ3n) is 11.0. The maximum absolute atomic E-state index is 12.0. The normalized spacial score (nSPS) is 12.6. The second-order valence-electron chi connectivity index (χ2n) is 16.3. The lowest BCUT2D eigenvalue weighted by atomic mass is 9.85. The minimum absolute atomic E-state index is 0.000000000000000444. The van der Waals surface area contributed by atoms with E-state index in [2.05, 4.69) is 79.2 Å². The molecule has 0 unspecified atom stereocenters. The minimum atomic E-state index is -0.656. The summed E-state index contributed by atoms with van der Waals surface area (Å²) < 4.78 is 13.3. The molecule has 0 bridgehead atoms. The highest BCUT2D eigenvalue weighted by molar-refractivity contribution is 6.31. The molecule has 6 heterocycles. The molecule has 0 atom stereocenters. The van der Waals surface area contributed by atoms with Gasteiger partial charge in [0.1, 0.15) is 17.1 Å². The van der Waals surface area contributed by atoms with Gasteiger partial charge in [-0.15, -0.1) is 0 Å². The molecule has 11 N–H and O–H groups in total. The highest BCUT2D eigenvalue weighted by Crippen LogP contribution is 2.28. The van der Waals surface area contributed by atoms with Crippen molar-refractivity contribution < 1.29 is 28.3 Å². The monoisotopic (exact) mass is 1030 g/mol. The zero-order chi connectivity index (χ0) is 52.4. The van der Waals surface area contributed by atoms with Crippen molar-refractivity contribution in [1.29, 1.82) is 0 Å². The molecule has 1 amide bonds. The number of carboxylic acid groups (broad SMARTS) is 1. The predicted molar refractivity (Wildman–Crippen MR) is 269 cm³/mol. The second kappa shape index (κ2) is 25.5. The zero-order valence-corrected chi connectivity index (χ0v) is 39.8. The quantitative estimate of drug-likeness (QED) is 0.0801. The number of nitrogens with zero attached hydrogens (tertiary/aromatic N) is 9. The molecule has 26 heteroatoms. The number of carboxylic acids is 1. The van der Waals surface area contributed by atoms with Crippen LogP contribution in [-0.2, 0) is 22.4 Å². The van der Waals surface area contributed by atoms with Crippen LogP contribution in [0, 0.1) is 11.8 Å². The standard InChI is InChI=1S/C18H17N5O3.C13H11N5O2.C6H3ClN4O2.C6H8N2.C5H8O2/c24-17(12-2-1-3-12)21-13-6-4-11(5-7-13)10-14-15(20-9-8-19-14)16-22-18(25)26-23-16;14-9-3-1-8(2-4-9)7-10-11(16-6-5-15-10)12-17-13(19)20-18-12;7-4-3(8-1-2-9-4)5-10-6(12)13-11-5;7-5-1-2-6(8)4-3-5;6-5(7)4-2-1-3-4/h4-9,12H,1-3,10H2,(H,21,24)(H,22,23,25);1-6H,7,14H2,(H,17,18,19);1-2H,(H,10,11,12);1-4H,7-8H2;4H,1-3H2,(H,6,7). The van der Waals surface area contributed by atoms with Crippen LogP contribution in [0.3, 0.4) is 0 Å². The Balaban J connectivity index is 0.000000147. The number of halogens is 1. The topological polar surface area (TPSA) is 398 Å². The molecule has 2 fully saturated rings. The van der Waals surface area contributed by atoms with E-state index >= 15 is 0 Å². The number of anilines is 4. The fourth-order valence-corrected chi connectivity index (χ4v) is 6.85. The lowest BCUT2D eigenvalue weighted by Gasteiger charge is -2.24. The average molecular weight is 1030 g/mol. The van der Waals surface area contributed by atoms with Crippen molar-refractivity contribution in [3.63, 3.8) is 0 Å². The Bertz CT molecular complexity index is 3400. The van der Waals surface area contributed by atoms with Crippen LogP contribution in [0.1, 0.15) is 61.0 Å². The molecule has 0 radical (unpaired) electrons. The highest BCUT2D eigenvalue weighted by atomic mass is 35.5. The third-order valence-corrected chi connectivity index (χ3v) is 11.3. The Morgan fingerprint density at radius 3 is 1.26 bits per heavy atom. The number of aliphatic carboxylic acids is 1. The molecule has 11 rings (SSSR count). The number of aromatic amines is 3. The summed E-state index contributed by atoms with van der Waals surface area (Å²) >= 11 is 5.69. The number of aromatic nitrogens is 12. The lowest BCUT2D eigenvalue weighted by molar-refractivity contribution is -0.144. The van der Waals surface area contributed by atoms with Gasteiger partial charge in [-0.3, -0.25) is 48.1 Å². The number of carbonyl (C=O) groups is 2. The molecule has 0 aliphatic heterocycles. The van der Waals surface area contributed by atoms with E-state index in [0.29, 0.717) is 41.3 Å². The van der Waals surface area contributed by atoms with Crippen molar-refractivity contribution in [2.45, 2.75) is 51.4 Å². The molecule has 2 saturated carbocycles. The van der Waals surface area contributed by atoms with E-state index in [0.717, 1.165) is 66.7 Å². The number of amides is 1. The Hall–Kier alpha value is -9.65. The number of nitrogens with two attached hydrogens (primary N) is 3. The van der Waals surface area contributed by atoms with E-state index in [1.165, 1.54) is 24.8 Å². The van der Waals surface area contributed by atoms with E-state index in [-0.39, 0.29) is 46.1 Å². The first-order valence-corrected chi connectivity index (χ1v) is 23.0. The van der Waals surface area contributed by atoms with E-state index in [1.807, 2.05) is 48.5 Å². The number of H-pyrrole nitrogens is 3. The Morgan fingerprint density at radius 2 is 0.905 bits per heavy atom. The van der Waals surface area contributed by atoms with Crippen molar-refractivity contribution in [1.82, 2.24) is 60.3 Å². The van der Waals surface area contributed by atoms with Gasteiger partial charge in [0.25, 0.3) is 0 Å². The summed E-state index contributed by atoms with van der Waals surface area (Å²) in [6, 6.07) is 22.2. The number of hydrogen-bond donors (Lipinski definition) is 8. The van der Waals surface area contributed by atoms with Crippen LogP contribution in [0.4, 0.5) is 22.7 Å². The largest absolute Gasteiger partial charge is 0.481 e. The van der Waals surface area contributed by atoms with Crippen molar-refractivity contribution in [3.8, 4) is 34.6 Å². The Labute approximate surface area is 423 Å². The summed E-state index contributed by atoms with van der Waals surface area (Å²) in [5.74, 6) is -1.59. The van der Waals surface area contributed by atoms with E-state index < -0.39 is 23.2 Å². The zero-order valence-electron chi connectivity index (χ0n) is 39.1. The first-order chi connectivity index (χ1) is 35.8. The fourth-order valence-electron chi connectivity index (χ4n) is 6.66. The Kier molecular flexibility index (Phi) is 18.0. The average Bonchev–Trinajstić information content (AvgIpc) is 4.12. The van der Waals surface area contributed by atoms with Gasteiger partial charge in [0, 0.05) is 78.7 Å². The van der Waals surface area contributed by atoms with Crippen LogP contribution >= 0.6 is 11.6 Å². The maximum atomic E-state index is 12.0. The van der Waals surface area contributed by atoms with Crippen LogP contribution in [0.5, 0.6) is 0 Å².